The molecule has 2 aromatic carbocycles. The van der Waals surface area contributed by atoms with Gasteiger partial charge in [-0.1, -0.05) is 108 Å². The summed E-state index contributed by atoms with van der Waals surface area (Å²) in [6.45, 7) is 7.82. The predicted octanol–water partition coefficient (Wildman–Crippen LogP) is 5.91. The van der Waals surface area contributed by atoms with E-state index >= 15 is 0 Å². The van der Waals surface area contributed by atoms with E-state index in [2.05, 4.69) is 55.2 Å². The number of methoxy groups -OCH3 is 1. The first kappa shape index (κ1) is 36.3. The van der Waals surface area contributed by atoms with Gasteiger partial charge in [0.15, 0.2) is 30.4 Å². The van der Waals surface area contributed by atoms with Crippen molar-refractivity contribution in [1.82, 2.24) is 0 Å². The second-order valence-electron chi connectivity index (χ2n) is 11.6. The van der Waals surface area contributed by atoms with Gasteiger partial charge in [0.05, 0.1) is 25.8 Å². The third-order valence-electron chi connectivity index (χ3n) is 8.02. The minimum absolute atomic E-state index is 0. The van der Waals surface area contributed by atoms with Gasteiger partial charge >= 0.3 is 0 Å². The lowest BCUT2D eigenvalue weighted by Crippen LogP contribution is -3.00. The Kier molecular flexibility index (Phi) is 17.7. The first-order chi connectivity index (χ1) is 20.5. The minimum Gasteiger partial charge on any atom is -1.00 e. The zero-order valence-corrected chi connectivity index (χ0v) is 28.5. The standard InChI is InChI=1S/C37H52N2O3.BrH/c1-5-6-7-8-9-10-11-12-13-14-15-18-26-42-37-32(21-19-23-35(37)41-4)27-36(40)38-34-22-17-16-20-33(34)29-39-25-24-30(2)31(3)28-39;/h16-17,19-25,28H,5-15,18,26-27,29H2,1-4H3;1H. The lowest BCUT2D eigenvalue weighted by Gasteiger charge is -2.16. The molecule has 3 aromatic rings. The van der Waals surface area contributed by atoms with Crippen LogP contribution in [0.5, 0.6) is 11.5 Å². The molecule has 5 nitrogen and oxygen atoms in total. The van der Waals surface area contributed by atoms with Gasteiger partial charge in [0.25, 0.3) is 0 Å². The van der Waals surface area contributed by atoms with E-state index in [0.717, 1.165) is 29.7 Å². The van der Waals surface area contributed by atoms with E-state index in [1.165, 1.54) is 75.3 Å². The lowest BCUT2D eigenvalue weighted by atomic mass is 10.1. The van der Waals surface area contributed by atoms with Crippen molar-refractivity contribution in [2.75, 3.05) is 19.0 Å². The van der Waals surface area contributed by atoms with E-state index < -0.39 is 0 Å². The van der Waals surface area contributed by atoms with E-state index in [9.17, 15) is 4.79 Å². The zero-order valence-electron chi connectivity index (χ0n) is 26.9. The molecule has 0 saturated carbocycles. The van der Waals surface area contributed by atoms with Crippen LogP contribution in [0.1, 0.15) is 106 Å². The van der Waals surface area contributed by atoms with E-state index in [1.807, 2.05) is 36.4 Å². The molecule has 0 radical (unpaired) electrons. The predicted molar refractivity (Wildman–Crippen MR) is 174 cm³/mol. The number of halogens is 1. The van der Waals surface area contributed by atoms with Gasteiger partial charge in [-0.15, -0.1) is 0 Å². The van der Waals surface area contributed by atoms with Gasteiger partial charge in [0.1, 0.15) is 0 Å². The summed E-state index contributed by atoms with van der Waals surface area (Å²) in [5.74, 6) is 1.28. The number of carbonyl (C=O) groups is 1. The van der Waals surface area contributed by atoms with Crippen LogP contribution in [0.25, 0.3) is 0 Å². The Bertz CT molecular complexity index is 1230. The van der Waals surface area contributed by atoms with Gasteiger partial charge in [-0.25, -0.2) is 4.57 Å². The van der Waals surface area contributed by atoms with Crippen molar-refractivity contribution in [3.8, 4) is 11.5 Å². The highest BCUT2D eigenvalue weighted by Crippen LogP contribution is 2.32. The molecule has 1 N–H and O–H groups in total. The normalized spacial score (nSPS) is 10.7. The Morgan fingerprint density at radius 1 is 0.767 bits per heavy atom. The molecule has 0 spiro atoms. The van der Waals surface area contributed by atoms with Crippen molar-refractivity contribution >= 4 is 11.6 Å². The molecule has 43 heavy (non-hydrogen) atoms. The first-order valence-electron chi connectivity index (χ1n) is 16.1. The lowest BCUT2D eigenvalue weighted by molar-refractivity contribution is -0.688. The zero-order chi connectivity index (χ0) is 30.0. The van der Waals surface area contributed by atoms with E-state index in [1.54, 1.807) is 7.11 Å². The second kappa shape index (κ2) is 20.9. The third-order valence-corrected chi connectivity index (χ3v) is 8.02. The molecule has 1 heterocycles. The summed E-state index contributed by atoms with van der Waals surface area (Å²) in [6.07, 6.45) is 20.2. The highest BCUT2D eigenvalue weighted by atomic mass is 79.9. The van der Waals surface area contributed by atoms with Crippen LogP contribution < -0.4 is 36.3 Å². The molecule has 0 saturated heterocycles. The molecule has 0 aliphatic carbocycles. The maximum absolute atomic E-state index is 13.2. The molecule has 0 unspecified atom stereocenters. The topological polar surface area (TPSA) is 51.4 Å². The Morgan fingerprint density at radius 3 is 2.05 bits per heavy atom. The smallest absolute Gasteiger partial charge is 0.228 e. The van der Waals surface area contributed by atoms with E-state index in [4.69, 9.17) is 9.47 Å². The Balaban J connectivity index is 0.00000645. The monoisotopic (exact) mass is 652 g/mol. The third kappa shape index (κ3) is 13.1. The maximum atomic E-state index is 13.2. The first-order valence-corrected chi connectivity index (χ1v) is 16.1. The fraction of sp³-hybridized carbons (Fsp3) is 0.514. The average Bonchev–Trinajstić information content (AvgIpc) is 2.99. The molecule has 1 aromatic heterocycles. The molecular formula is C37H53BrN2O3. The molecule has 236 valence electrons. The number of pyridine rings is 1. The van der Waals surface area contributed by atoms with Gasteiger partial charge in [-0.3, -0.25) is 4.79 Å². The van der Waals surface area contributed by atoms with Crippen molar-refractivity contribution in [2.24, 2.45) is 0 Å². The van der Waals surface area contributed by atoms with Crippen LogP contribution in [0.15, 0.2) is 60.9 Å². The van der Waals surface area contributed by atoms with Gasteiger partial charge in [0.2, 0.25) is 5.91 Å². The van der Waals surface area contributed by atoms with Crippen molar-refractivity contribution in [3.63, 3.8) is 0 Å². The Hall–Kier alpha value is -2.86. The molecule has 0 aliphatic heterocycles. The van der Waals surface area contributed by atoms with Crippen LogP contribution in [-0.4, -0.2) is 19.6 Å². The number of para-hydroxylation sites is 2. The number of ether oxygens (including phenoxy) is 2. The van der Waals surface area contributed by atoms with E-state index in [0.29, 0.717) is 24.7 Å². The second-order valence-corrected chi connectivity index (χ2v) is 11.6. The van der Waals surface area contributed by atoms with Crippen LogP contribution >= 0.6 is 0 Å². The number of nitrogens with one attached hydrogen (secondary N) is 1. The van der Waals surface area contributed by atoms with Gasteiger partial charge in [-0.05, 0) is 38.0 Å². The number of aryl methyl sites for hydroxylation is 2. The highest BCUT2D eigenvalue weighted by Gasteiger charge is 2.16. The molecule has 0 bridgehead atoms. The fourth-order valence-electron chi connectivity index (χ4n) is 5.32. The van der Waals surface area contributed by atoms with Crippen LogP contribution in [0.3, 0.4) is 0 Å². The van der Waals surface area contributed by atoms with E-state index in [-0.39, 0.29) is 29.3 Å². The van der Waals surface area contributed by atoms with Crippen molar-refractivity contribution in [1.29, 1.82) is 0 Å². The molecule has 0 atom stereocenters. The van der Waals surface area contributed by atoms with Crippen molar-refractivity contribution < 1.29 is 35.8 Å². The summed E-state index contributed by atoms with van der Waals surface area (Å²) in [5.41, 5.74) is 5.24. The van der Waals surface area contributed by atoms with Gasteiger partial charge < -0.3 is 31.8 Å². The molecular weight excluding hydrogens is 600 g/mol. The number of anilines is 1. The Morgan fingerprint density at radius 2 is 1.40 bits per heavy atom. The number of hydrogen-bond acceptors (Lipinski definition) is 3. The van der Waals surface area contributed by atoms with Crippen molar-refractivity contribution in [3.05, 3.63) is 83.2 Å². The fourth-order valence-corrected chi connectivity index (χ4v) is 5.32. The molecule has 1 amide bonds. The molecule has 3 rings (SSSR count). The number of amides is 1. The van der Waals surface area contributed by atoms with Crippen LogP contribution in [0.2, 0.25) is 0 Å². The van der Waals surface area contributed by atoms with Crippen molar-refractivity contribution in [2.45, 2.75) is 111 Å². The minimum atomic E-state index is -0.0731. The van der Waals surface area contributed by atoms with Gasteiger partial charge in [-0.2, -0.15) is 0 Å². The molecule has 0 aliphatic rings. The number of nitrogens with zero attached hydrogens (tertiary/aromatic N) is 1. The number of hydrogen-bond donors (Lipinski definition) is 1. The summed E-state index contributed by atoms with van der Waals surface area (Å²) in [7, 11) is 1.65. The SMILES string of the molecule is CCCCCCCCCCCCCCOc1c(CC(=O)Nc2ccccc2C[n+]2ccc(C)c(C)c2)cccc1OC.[Br-]. The maximum Gasteiger partial charge on any atom is 0.228 e. The largest absolute Gasteiger partial charge is 1.00 e. The molecule has 6 heteroatoms. The van der Waals surface area contributed by atoms with Crippen LogP contribution in [0.4, 0.5) is 5.69 Å². The summed E-state index contributed by atoms with van der Waals surface area (Å²) < 4.78 is 14.0. The summed E-state index contributed by atoms with van der Waals surface area (Å²) in [5, 5.41) is 3.14. The number of carbonyl (C=O) groups excluding carboxylic acids is 1. The van der Waals surface area contributed by atoms with Gasteiger partial charge in [0, 0.05) is 22.8 Å². The van der Waals surface area contributed by atoms with Crippen LogP contribution in [0, 0.1) is 13.8 Å². The summed E-state index contributed by atoms with van der Waals surface area (Å²) >= 11 is 0. The summed E-state index contributed by atoms with van der Waals surface area (Å²) in [4.78, 5) is 13.2. The Labute approximate surface area is 271 Å². The molecule has 0 fully saturated rings. The van der Waals surface area contributed by atoms with Crippen LogP contribution in [-0.2, 0) is 17.8 Å². The number of rotatable bonds is 20. The number of benzene rings is 2. The quantitative estimate of drug-likeness (QED) is 0.122. The number of unbranched alkanes of at least 4 members (excludes halogenated alkanes) is 11. The number of aromatic nitrogens is 1. The highest BCUT2D eigenvalue weighted by molar-refractivity contribution is 5.93. The average molecular weight is 654 g/mol. The summed E-state index contributed by atoms with van der Waals surface area (Å²) in [6, 6.07) is 15.9.